The van der Waals surface area contributed by atoms with Crippen LogP contribution in [0.5, 0.6) is 0 Å². The molecule has 100 valence electrons. The fourth-order valence-electron chi connectivity index (χ4n) is 1.79. The van der Waals surface area contributed by atoms with Crippen molar-refractivity contribution in [2.75, 3.05) is 12.3 Å². The molecule has 0 unspecified atom stereocenters. The molecule has 1 aromatic rings. The van der Waals surface area contributed by atoms with Crippen molar-refractivity contribution >= 4 is 23.3 Å². The van der Waals surface area contributed by atoms with Gasteiger partial charge in [0.2, 0.25) is 0 Å². The molecular formula is C14H20ClNO2. The van der Waals surface area contributed by atoms with Gasteiger partial charge in [-0.25, -0.2) is 4.79 Å². The molecule has 0 atom stereocenters. The summed E-state index contributed by atoms with van der Waals surface area (Å²) in [6.45, 7) is 4.73. The highest BCUT2D eigenvalue weighted by Gasteiger charge is 2.12. The zero-order valence-corrected chi connectivity index (χ0v) is 11.7. The number of rotatable bonds is 6. The smallest absolute Gasteiger partial charge is 0.339 e. The molecule has 0 aromatic heterocycles. The number of esters is 1. The Morgan fingerprint density at radius 3 is 2.61 bits per heavy atom. The molecule has 0 fully saturated rings. The highest BCUT2D eigenvalue weighted by molar-refractivity contribution is 6.33. The van der Waals surface area contributed by atoms with E-state index in [4.69, 9.17) is 22.1 Å². The Kier molecular flexibility index (Phi) is 5.99. The van der Waals surface area contributed by atoms with E-state index in [0.717, 1.165) is 19.3 Å². The molecule has 0 radical (unpaired) electrons. The van der Waals surface area contributed by atoms with Gasteiger partial charge >= 0.3 is 5.97 Å². The van der Waals surface area contributed by atoms with Gasteiger partial charge in [0.15, 0.2) is 0 Å². The highest BCUT2D eigenvalue weighted by atomic mass is 35.5. The van der Waals surface area contributed by atoms with Crippen molar-refractivity contribution in [2.24, 2.45) is 5.92 Å². The molecule has 0 aliphatic carbocycles. The van der Waals surface area contributed by atoms with Gasteiger partial charge in [-0.2, -0.15) is 0 Å². The third kappa shape index (κ3) is 4.22. The lowest BCUT2D eigenvalue weighted by atomic mass is 10.0. The predicted octanol–water partition coefficient (Wildman–Crippen LogP) is 3.91. The molecule has 0 saturated carbocycles. The fourth-order valence-corrected chi connectivity index (χ4v) is 2.06. The van der Waals surface area contributed by atoms with Crippen LogP contribution in [0.25, 0.3) is 0 Å². The minimum atomic E-state index is -0.383. The Balaban J connectivity index is 2.50. The number of hydrogen-bond acceptors (Lipinski definition) is 3. The maximum atomic E-state index is 11.8. The van der Waals surface area contributed by atoms with Crippen molar-refractivity contribution in [3.05, 3.63) is 28.8 Å². The van der Waals surface area contributed by atoms with Crippen molar-refractivity contribution in [1.29, 1.82) is 0 Å². The van der Waals surface area contributed by atoms with Crippen molar-refractivity contribution in [3.8, 4) is 0 Å². The topological polar surface area (TPSA) is 52.3 Å². The monoisotopic (exact) mass is 269 g/mol. The summed E-state index contributed by atoms with van der Waals surface area (Å²) in [6, 6.07) is 4.79. The standard InChI is InChI=1S/C14H20ClNO2/c1-3-10(4-2)7-8-18-14(17)12-6-5-11(16)9-13(12)15/h5-6,9-10H,3-4,7-8,16H2,1-2H3. The van der Waals surface area contributed by atoms with Gasteiger partial charge in [0, 0.05) is 5.69 Å². The molecule has 0 heterocycles. The summed E-state index contributed by atoms with van der Waals surface area (Å²) in [5.41, 5.74) is 6.47. The van der Waals surface area contributed by atoms with Crippen molar-refractivity contribution < 1.29 is 9.53 Å². The number of ether oxygens (including phenoxy) is 1. The Labute approximate surface area is 113 Å². The molecule has 0 saturated heterocycles. The van der Waals surface area contributed by atoms with Crippen LogP contribution in [-0.2, 0) is 4.74 Å². The summed E-state index contributed by atoms with van der Waals surface area (Å²) < 4.78 is 5.22. The van der Waals surface area contributed by atoms with Gasteiger partial charge in [-0.05, 0) is 30.5 Å². The Morgan fingerprint density at radius 2 is 2.06 bits per heavy atom. The average Bonchev–Trinajstić information content (AvgIpc) is 2.34. The van der Waals surface area contributed by atoms with Gasteiger partial charge in [-0.3, -0.25) is 0 Å². The van der Waals surface area contributed by atoms with E-state index in [1.54, 1.807) is 18.2 Å². The SMILES string of the molecule is CCC(CC)CCOC(=O)c1ccc(N)cc1Cl. The van der Waals surface area contributed by atoms with E-state index in [0.29, 0.717) is 28.8 Å². The van der Waals surface area contributed by atoms with Crippen LogP contribution in [0.3, 0.4) is 0 Å². The summed E-state index contributed by atoms with van der Waals surface area (Å²) in [5, 5.41) is 0.336. The first-order valence-corrected chi connectivity index (χ1v) is 6.68. The average molecular weight is 270 g/mol. The van der Waals surface area contributed by atoms with Crippen molar-refractivity contribution in [1.82, 2.24) is 0 Å². The maximum Gasteiger partial charge on any atom is 0.339 e. The summed E-state index contributed by atoms with van der Waals surface area (Å²) >= 11 is 5.94. The van der Waals surface area contributed by atoms with E-state index in [-0.39, 0.29) is 5.97 Å². The fraction of sp³-hybridized carbons (Fsp3) is 0.500. The van der Waals surface area contributed by atoms with Gasteiger partial charge in [-0.15, -0.1) is 0 Å². The van der Waals surface area contributed by atoms with Crippen LogP contribution in [0.2, 0.25) is 5.02 Å². The Bertz CT molecular complexity index is 403. The third-order valence-electron chi connectivity index (χ3n) is 3.13. The minimum Gasteiger partial charge on any atom is -0.462 e. The first-order chi connectivity index (χ1) is 8.58. The van der Waals surface area contributed by atoms with Gasteiger partial charge in [0.25, 0.3) is 0 Å². The molecule has 2 N–H and O–H groups in total. The van der Waals surface area contributed by atoms with E-state index in [1.807, 2.05) is 0 Å². The quantitative estimate of drug-likeness (QED) is 0.629. The van der Waals surface area contributed by atoms with Crippen LogP contribution < -0.4 is 5.73 Å². The second-order valence-electron chi connectivity index (χ2n) is 4.35. The normalized spacial score (nSPS) is 10.7. The zero-order chi connectivity index (χ0) is 13.5. The summed E-state index contributed by atoms with van der Waals surface area (Å²) in [7, 11) is 0. The Hall–Kier alpha value is -1.22. The number of hydrogen-bond donors (Lipinski definition) is 1. The molecule has 3 nitrogen and oxygen atoms in total. The Morgan fingerprint density at radius 1 is 1.39 bits per heavy atom. The maximum absolute atomic E-state index is 11.8. The molecule has 1 rings (SSSR count). The predicted molar refractivity (Wildman–Crippen MR) is 74.8 cm³/mol. The lowest BCUT2D eigenvalue weighted by molar-refractivity contribution is 0.0481. The van der Waals surface area contributed by atoms with E-state index < -0.39 is 0 Å². The molecule has 0 bridgehead atoms. The third-order valence-corrected chi connectivity index (χ3v) is 3.44. The second kappa shape index (κ2) is 7.27. The minimum absolute atomic E-state index is 0.336. The molecule has 0 amide bonds. The molecule has 1 aromatic carbocycles. The largest absolute Gasteiger partial charge is 0.462 e. The molecule has 0 aliphatic heterocycles. The number of halogens is 1. The van der Waals surface area contributed by atoms with Gasteiger partial charge < -0.3 is 10.5 Å². The van der Waals surface area contributed by atoms with Crippen LogP contribution in [0.4, 0.5) is 5.69 Å². The van der Waals surface area contributed by atoms with Gasteiger partial charge in [-0.1, -0.05) is 38.3 Å². The lowest BCUT2D eigenvalue weighted by Crippen LogP contribution is -2.10. The number of benzene rings is 1. The number of anilines is 1. The van der Waals surface area contributed by atoms with E-state index in [1.165, 1.54) is 0 Å². The lowest BCUT2D eigenvalue weighted by Gasteiger charge is -2.12. The van der Waals surface area contributed by atoms with Crippen LogP contribution in [0.1, 0.15) is 43.5 Å². The molecule has 0 aliphatic rings. The highest BCUT2D eigenvalue weighted by Crippen LogP contribution is 2.20. The van der Waals surface area contributed by atoms with E-state index >= 15 is 0 Å². The first kappa shape index (κ1) is 14.8. The summed E-state index contributed by atoms with van der Waals surface area (Å²) in [6.07, 6.45) is 3.11. The molecular weight excluding hydrogens is 250 g/mol. The number of carbonyl (C=O) groups is 1. The molecule has 18 heavy (non-hydrogen) atoms. The van der Waals surface area contributed by atoms with Crippen LogP contribution in [0.15, 0.2) is 18.2 Å². The van der Waals surface area contributed by atoms with E-state index in [9.17, 15) is 4.79 Å². The second-order valence-corrected chi connectivity index (χ2v) is 4.75. The summed E-state index contributed by atoms with van der Waals surface area (Å²) in [4.78, 5) is 11.8. The molecule has 0 spiro atoms. The zero-order valence-electron chi connectivity index (χ0n) is 10.9. The van der Waals surface area contributed by atoms with Crippen LogP contribution >= 0.6 is 11.6 Å². The number of carbonyl (C=O) groups excluding carboxylic acids is 1. The summed E-state index contributed by atoms with van der Waals surface area (Å²) in [5.74, 6) is 0.227. The van der Waals surface area contributed by atoms with Crippen molar-refractivity contribution in [3.63, 3.8) is 0 Å². The van der Waals surface area contributed by atoms with Gasteiger partial charge in [0.1, 0.15) is 0 Å². The number of nitrogen functional groups attached to an aromatic ring is 1. The van der Waals surface area contributed by atoms with Crippen LogP contribution in [0, 0.1) is 5.92 Å². The van der Waals surface area contributed by atoms with E-state index in [2.05, 4.69) is 13.8 Å². The number of nitrogens with two attached hydrogens (primary N) is 1. The van der Waals surface area contributed by atoms with Crippen LogP contribution in [-0.4, -0.2) is 12.6 Å². The first-order valence-electron chi connectivity index (χ1n) is 6.30. The van der Waals surface area contributed by atoms with Crippen molar-refractivity contribution in [2.45, 2.75) is 33.1 Å². The van der Waals surface area contributed by atoms with Gasteiger partial charge in [0.05, 0.1) is 17.2 Å². The molecule has 4 heteroatoms.